The van der Waals surface area contributed by atoms with E-state index in [1.165, 1.54) is 0 Å². The molecule has 0 saturated heterocycles. The van der Waals surface area contributed by atoms with Gasteiger partial charge in [0.25, 0.3) is 0 Å². The molecule has 9 nitrogen and oxygen atoms in total. The van der Waals surface area contributed by atoms with Crippen LogP contribution in [-0.4, -0.2) is 40.6 Å². The Kier molecular flexibility index (Phi) is 4.37. The minimum Gasteiger partial charge on any atom is -0.366 e. The Morgan fingerprint density at radius 2 is 1.79 bits per heavy atom. The SMILES string of the molecule is NC(=O)c1ccc(-n2c(-c3ccc(-n4ccnc4)cc3)cc3sc(-c4nn[nH]n4)cc32)cc1. The summed E-state index contributed by atoms with van der Waals surface area (Å²) in [4.78, 5) is 16.6. The molecule has 0 radical (unpaired) electrons. The summed E-state index contributed by atoms with van der Waals surface area (Å²) in [5.74, 6) is 0.0995. The number of nitrogens with two attached hydrogens (primary N) is 1. The molecule has 0 spiro atoms. The lowest BCUT2D eigenvalue weighted by atomic mass is 10.1. The van der Waals surface area contributed by atoms with Crippen LogP contribution in [0.25, 0.3) is 43.6 Å². The number of nitrogens with one attached hydrogen (secondary N) is 1. The van der Waals surface area contributed by atoms with Crippen molar-refractivity contribution in [2.75, 3.05) is 0 Å². The number of tetrazole rings is 1. The molecule has 0 aliphatic rings. The topological polar surface area (TPSA) is 120 Å². The largest absolute Gasteiger partial charge is 0.366 e. The lowest BCUT2D eigenvalue weighted by molar-refractivity contribution is 0.100. The molecule has 6 aromatic rings. The molecule has 160 valence electrons. The second kappa shape index (κ2) is 7.53. The monoisotopic (exact) mass is 452 g/mol. The van der Waals surface area contributed by atoms with E-state index in [1.54, 1.807) is 36.0 Å². The molecule has 0 aliphatic carbocycles. The molecule has 2 aromatic carbocycles. The Bertz CT molecular complexity index is 1560. The maximum Gasteiger partial charge on any atom is 0.248 e. The Hall–Kier alpha value is -4.57. The van der Waals surface area contributed by atoms with Gasteiger partial charge >= 0.3 is 0 Å². The molecule has 33 heavy (non-hydrogen) atoms. The van der Waals surface area contributed by atoms with Crippen molar-refractivity contribution in [1.82, 2.24) is 34.7 Å². The molecular formula is C23H16N8OS. The van der Waals surface area contributed by atoms with Crippen LogP contribution in [-0.2, 0) is 0 Å². The molecule has 1 amide bonds. The maximum absolute atomic E-state index is 11.6. The number of thiophene rings is 1. The maximum atomic E-state index is 11.6. The summed E-state index contributed by atoms with van der Waals surface area (Å²) in [5, 5.41) is 14.4. The first kappa shape index (κ1) is 19.1. The molecule has 0 saturated carbocycles. The van der Waals surface area contributed by atoms with Crippen LogP contribution in [0.4, 0.5) is 0 Å². The van der Waals surface area contributed by atoms with Gasteiger partial charge in [0.1, 0.15) is 0 Å². The molecular weight excluding hydrogens is 436 g/mol. The van der Waals surface area contributed by atoms with E-state index in [0.29, 0.717) is 11.4 Å². The summed E-state index contributed by atoms with van der Waals surface area (Å²) in [6.07, 6.45) is 5.44. The summed E-state index contributed by atoms with van der Waals surface area (Å²) in [6.45, 7) is 0. The van der Waals surface area contributed by atoms with Crippen molar-refractivity contribution in [2.45, 2.75) is 0 Å². The number of aromatic nitrogens is 7. The lowest BCUT2D eigenvalue weighted by Gasteiger charge is -2.12. The van der Waals surface area contributed by atoms with E-state index in [-0.39, 0.29) is 0 Å². The van der Waals surface area contributed by atoms with Crippen molar-refractivity contribution in [2.24, 2.45) is 5.73 Å². The van der Waals surface area contributed by atoms with Crippen molar-refractivity contribution >= 4 is 27.5 Å². The van der Waals surface area contributed by atoms with Gasteiger partial charge in [-0.2, -0.15) is 5.21 Å². The average Bonchev–Trinajstić information content (AvgIpc) is 3.63. The molecule has 0 atom stereocenters. The minimum atomic E-state index is -0.454. The molecule has 4 aromatic heterocycles. The molecule has 0 fully saturated rings. The van der Waals surface area contributed by atoms with E-state index in [0.717, 1.165) is 37.7 Å². The van der Waals surface area contributed by atoms with Gasteiger partial charge < -0.3 is 14.9 Å². The van der Waals surface area contributed by atoms with Crippen LogP contribution in [0.15, 0.2) is 79.4 Å². The zero-order chi connectivity index (χ0) is 22.4. The van der Waals surface area contributed by atoms with E-state index in [1.807, 2.05) is 22.9 Å². The number of hydrogen-bond acceptors (Lipinski definition) is 6. The van der Waals surface area contributed by atoms with Gasteiger partial charge in [-0.3, -0.25) is 4.79 Å². The van der Waals surface area contributed by atoms with Crippen LogP contribution in [0.2, 0.25) is 0 Å². The van der Waals surface area contributed by atoms with Gasteiger partial charge in [0.15, 0.2) is 0 Å². The van der Waals surface area contributed by atoms with Gasteiger partial charge in [-0.15, -0.1) is 21.5 Å². The van der Waals surface area contributed by atoms with E-state index >= 15 is 0 Å². The van der Waals surface area contributed by atoms with Crippen LogP contribution >= 0.6 is 11.3 Å². The van der Waals surface area contributed by atoms with Crippen molar-refractivity contribution in [3.8, 4) is 33.3 Å². The molecule has 0 unspecified atom stereocenters. The first-order valence-corrected chi connectivity index (χ1v) is 10.9. The third-order valence-corrected chi connectivity index (χ3v) is 6.50. The Labute approximate surface area is 191 Å². The number of carbonyl (C=O) groups excluding carboxylic acids is 1. The van der Waals surface area contributed by atoms with Crippen LogP contribution in [0.3, 0.4) is 0 Å². The Morgan fingerprint density at radius 1 is 1.00 bits per heavy atom. The number of imidazole rings is 1. The number of primary amides is 1. The number of amides is 1. The third-order valence-electron chi connectivity index (χ3n) is 5.43. The highest BCUT2D eigenvalue weighted by Crippen LogP contribution is 2.39. The smallest absolute Gasteiger partial charge is 0.248 e. The quantitative estimate of drug-likeness (QED) is 0.412. The number of carbonyl (C=O) groups is 1. The van der Waals surface area contributed by atoms with E-state index in [2.05, 4.69) is 66.6 Å². The number of fused-ring (bicyclic) bond motifs is 1. The van der Waals surface area contributed by atoms with Gasteiger partial charge in [-0.05, 0) is 59.3 Å². The van der Waals surface area contributed by atoms with Crippen LogP contribution in [0.1, 0.15) is 10.4 Å². The van der Waals surface area contributed by atoms with Gasteiger partial charge in [0.05, 0.1) is 27.1 Å². The van der Waals surface area contributed by atoms with Gasteiger partial charge in [-0.1, -0.05) is 12.1 Å². The summed E-state index contributed by atoms with van der Waals surface area (Å²) in [6, 6.07) is 19.8. The molecule has 0 bridgehead atoms. The first-order chi connectivity index (χ1) is 16.2. The second-order valence-electron chi connectivity index (χ2n) is 7.39. The highest BCUT2D eigenvalue weighted by molar-refractivity contribution is 7.22. The van der Waals surface area contributed by atoms with Crippen molar-refractivity contribution < 1.29 is 4.79 Å². The highest BCUT2D eigenvalue weighted by Gasteiger charge is 2.18. The third kappa shape index (κ3) is 3.29. The fourth-order valence-corrected chi connectivity index (χ4v) is 4.86. The number of benzene rings is 2. The first-order valence-electron chi connectivity index (χ1n) is 10.1. The van der Waals surface area contributed by atoms with Gasteiger partial charge in [0, 0.05) is 29.3 Å². The standard InChI is InChI=1S/C23H16N8OS/c24-22(32)15-3-7-17(8-4-15)31-18(14-1-5-16(6-2-14)30-10-9-25-13-30)11-20-19(31)12-21(33-20)23-26-28-29-27-23/h1-13H,(H2,24,32)(H,26,27,28,29). The number of H-pyrrole nitrogens is 1. The number of hydrogen-bond donors (Lipinski definition) is 2. The zero-order valence-corrected chi connectivity index (χ0v) is 17.9. The predicted octanol–water partition coefficient (Wildman–Crippen LogP) is 3.82. The summed E-state index contributed by atoms with van der Waals surface area (Å²) < 4.78 is 5.20. The fourth-order valence-electron chi connectivity index (χ4n) is 3.85. The normalized spacial score (nSPS) is 11.3. The van der Waals surface area contributed by atoms with E-state index < -0.39 is 5.91 Å². The van der Waals surface area contributed by atoms with Crippen molar-refractivity contribution in [3.05, 3.63) is 84.9 Å². The molecule has 10 heteroatoms. The zero-order valence-electron chi connectivity index (χ0n) is 17.1. The van der Waals surface area contributed by atoms with Crippen molar-refractivity contribution in [3.63, 3.8) is 0 Å². The Morgan fingerprint density at radius 3 is 2.45 bits per heavy atom. The average molecular weight is 453 g/mol. The number of aromatic amines is 1. The van der Waals surface area contributed by atoms with Gasteiger partial charge in [0.2, 0.25) is 11.7 Å². The van der Waals surface area contributed by atoms with E-state index in [4.69, 9.17) is 5.73 Å². The molecule has 6 rings (SSSR count). The molecule has 0 aliphatic heterocycles. The lowest BCUT2D eigenvalue weighted by Crippen LogP contribution is -2.10. The highest BCUT2D eigenvalue weighted by atomic mass is 32.1. The van der Waals surface area contributed by atoms with Crippen LogP contribution in [0, 0.1) is 0 Å². The second-order valence-corrected chi connectivity index (χ2v) is 8.47. The van der Waals surface area contributed by atoms with Crippen LogP contribution in [0.5, 0.6) is 0 Å². The number of rotatable bonds is 5. The van der Waals surface area contributed by atoms with Gasteiger partial charge in [-0.25, -0.2) is 4.98 Å². The summed E-state index contributed by atoms with van der Waals surface area (Å²) in [7, 11) is 0. The Balaban J connectivity index is 1.51. The molecule has 4 heterocycles. The fraction of sp³-hybridized carbons (Fsp3) is 0. The number of nitrogens with zero attached hydrogens (tertiary/aromatic N) is 6. The van der Waals surface area contributed by atoms with E-state index in [9.17, 15) is 4.79 Å². The molecule has 3 N–H and O–H groups in total. The van der Waals surface area contributed by atoms with Crippen LogP contribution < -0.4 is 5.73 Å². The summed E-state index contributed by atoms with van der Waals surface area (Å²) in [5.41, 5.74) is 10.9. The van der Waals surface area contributed by atoms with Crippen molar-refractivity contribution in [1.29, 1.82) is 0 Å². The minimum absolute atomic E-state index is 0.454. The predicted molar refractivity (Wildman–Crippen MR) is 125 cm³/mol. The summed E-state index contributed by atoms with van der Waals surface area (Å²) >= 11 is 1.60.